The molecule has 1 saturated heterocycles. The van der Waals surface area contributed by atoms with E-state index < -0.39 is 0 Å². The Labute approximate surface area is 343 Å². The van der Waals surface area contributed by atoms with E-state index >= 15 is 0 Å². The molecular weight excluding hydrogens is 728 g/mol. The predicted molar refractivity (Wildman–Crippen MR) is 228 cm³/mol. The van der Waals surface area contributed by atoms with E-state index in [2.05, 4.69) is 84.3 Å². The van der Waals surface area contributed by atoms with Crippen LogP contribution < -0.4 is 0 Å². The van der Waals surface area contributed by atoms with Gasteiger partial charge in [0.1, 0.15) is 0 Å². The van der Waals surface area contributed by atoms with Gasteiger partial charge in [-0.05, 0) is 65.0 Å². The Balaban J connectivity index is 0.000000455. The van der Waals surface area contributed by atoms with Crippen molar-refractivity contribution >= 4 is 11.4 Å². The summed E-state index contributed by atoms with van der Waals surface area (Å²) in [6.45, 7) is 22.4. The van der Waals surface area contributed by atoms with Gasteiger partial charge in [0.2, 0.25) is 0 Å². The van der Waals surface area contributed by atoms with Crippen LogP contribution in [0.15, 0.2) is 97.1 Å². The molecule has 0 aromatic heterocycles. The van der Waals surface area contributed by atoms with E-state index in [9.17, 15) is 0 Å². The topological polar surface area (TPSA) is 82.3 Å². The third-order valence-electron chi connectivity index (χ3n) is 9.15. The summed E-state index contributed by atoms with van der Waals surface area (Å²) in [5, 5.41) is 9.60. The molecule has 0 unspecified atom stereocenters. The SMILES string of the molecule is CCCCCC.Cc1cccc(C)c1[NH-].Cc1cccc(C)c1[NH-].[Zr+4].c1ccc(CN2CCC[N-]CCN(Cc3ccccc3)CCC[N-]CC2)cc1. The van der Waals surface area contributed by atoms with Gasteiger partial charge in [-0.3, -0.25) is 0 Å². The molecule has 1 heterocycles. The summed E-state index contributed by atoms with van der Waals surface area (Å²) < 4.78 is 0. The van der Waals surface area contributed by atoms with Crippen LogP contribution in [-0.4, -0.2) is 62.2 Å². The largest absolute Gasteiger partial charge is 4.00 e. The molecule has 0 bridgehead atoms. The van der Waals surface area contributed by atoms with E-state index in [-0.39, 0.29) is 26.2 Å². The van der Waals surface area contributed by atoms with E-state index in [1.54, 1.807) is 0 Å². The van der Waals surface area contributed by atoms with E-state index in [0.29, 0.717) is 11.4 Å². The average molecular weight is 796 g/mol. The summed E-state index contributed by atoms with van der Waals surface area (Å²) in [7, 11) is 0. The van der Waals surface area contributed by atoms with Gasteiger partial charge >= 0.3 is 26.2 Å². The first kappa shape index (κ1) is 48.2. The van der Waals surface area contributed by atoms with Crippen molar-refractivity contribution < 1.29 is 26.2 Å². The maximum absolute atomic E-state index is 7.44. The number of hydrogen-bond donors (Lipinski definition) is 0. The van der Waals surface area contributed by atoms with Gasteiger partial charge in [-0.15, -0.1) is 37.6 Å². The van der Waals surface area contributed by atoms with Gasteiger partial charge in [0.05, 0.1) is 0 Å². The summed E-state index contributed by atoms with van der Waals surface area (Å²) in [5.41, 5.74) is 23.2. The molecule has 7 heteroatoms. The van der Waals surface area contributed by atoms with Crippen LogP contribution in [-0.2, 0) is 39.3 Å². The molecule has 286 valence electrons. The minimum absolute atomic E-state index is 0. The Kier molecular flexibility index (Phi) is 27.8. The third kappa shape index (κ3) is 22.2. The minimum atomic E-state index is 0. The fraction of sp³-hybridized carbons (Fsp3) is 0.478. The zero-order valence-corrected chi connectivity index (χ0v) is 36.3. The number of aryl methyl sites for hydroxylation is 4. The average Bonchev–Trinajstić information content (AvgIpc) is 3.15. The summed E-state index contributed by atoms with van der Waals surface area (Å²) in [6.07, 6.45) is 7.80. The minimum Gasteiger partial charge on any atom is -0.698 e. The van der Waals surface area contributed by atoms with E-state index in [1.165, 1.54) is 36.8 Å². The van der Waals surface area contributed by atoms with Gasteiger partial charge in [0, 0.05) is 13.1 Å². The van der Waals surface area contributed by atoms with Gasteiger partial charge in [-0.25, -0.2) is 0 Å². The number of unbranched alkanes of at least 4 members (excludes halogenated alkanes) is 3. The van der Waals surface area contributed by atoms with Gasteiger partial charge in [-0.1, -0.05) is 172 Å². The number of hydrogen-bond acceptors (Lipinski definition) is 2. The number of nitrogens with one attached hydrogen (secondary N) is 2. The Morgan fingerprint density at radius 3 is 1.11 bits per heavy atom. The zero-order chi connectivity index (χ0) is 37.8. The van der Waals surface area contributed by atoms with Crippen molar-refractivity contribution in [2.24, 2.45) is 0 Å². The molecule has 53 heavy (non-hydrogen) atoms. The van der Waals surface area contributed by atoms with Crippen molar-refractivity contribution in [1.82, 2.24) is 9.80 Å². The van der Waals surface area contributed by atoms with Crippen LogP contribution >= 0.6 is 0 Å². The van der Waals surface area contributed by atoms with Crippen LogP contribution in [0, 0.1) is 27.7 Å². The van der Waals surface area contributed by atoms with Gasteiger partial charge in [-0.2, -0.15) is 0 Å². The molecule has 4 aromatic carbocycles. The van der Waals surface area contributed by atoms with Crippen LogP contribution in [0.4, 0.5) is 11.4 Å². The number of nitrogens with zero attached hydrogens (tertiary/aromatic N) is 4. The van der Waals surface area contributed by atoms with Crippen LogP contribution in [0.2, 0.25) is 0 Å². The molecule has 1 aliphatic heterocycles. The molecule has 0 aliphatic carbocycles. The first-order valence-electron chi connectivity index (χ1n) is 19.6. The fourth-order valence-corrected chi connectivity index (χ4v) is 5.81. The zero-order valence-electron chi connectivity index (χ0n) is 33.8. The molecule has 2 N–H and O–H groups in total. The van der Waals surface area contributed by atoms with Crippen molar-refractivity contribution in [2.75, 3.05) is 52.4 Å². The Morgan fingerprint density at radius 1 is 0.472 bits per heavy atom. The third-order valence-corrected chi connectivity index (χ3v) is 9.15. The summed E-state index contributed by atoms with van der Waals surface area (Å²) in [5.74, 6) is 0. The van der Waals surface area contributed by atoms with Crippen LogP contribution in [0.5, 0.6) is 0 Å². The standard InChI is InChI=1S/C24H34N4.2C8H10N.C6H14.Zr/c1-3-9-23(10-4-1)21-27-17-7-13-26-16-20-28(18-8-14-25-15-19-27)22-24-11-5-2-6-12-24;2*1-6-4-3-5-7(2)8(6)9;1-3-5-6-4-2;/h1-6,9-12H,7-8,13-22H2;2*3-5,9H,1-2H3;3-6H2,1-2H3;/q-2;2*-1;;+4. The van der Waals surface area contributed by atoms with Crippen LogP contribution in [0.1, 0.15) is 85.8 Å². The first-order chi connectivity index (χ1) is 25.2. The van der Waals surface area contributed by atoms with Crippen molar-refractivity contribution in [2.45, 2.75) is 93.2 Å². The normalized spacial score (nSPS) is 14.4. The second-order valence-electron chi connectivity index (χ2n) is 13.8. The second kappa shape index (κ2) is 30.5. The summed E-state index contributed by atoms with van der Waals surface area (Å²) >= 11 is 0. The molecule has 1 aliphatic rings. The maximum Gasteiger partial charge on any atom is 4.00 e. The molecule has 0 amide bonds. The first-order valence-corrected chi connectivity index (χ1v) is 19.6. The summed E-state index contributed by atoms with van der Waals surface area (Å²) in [6, 6.07) is 33.3. The Morgan fingerprint density at radius 2 is 0.811 bits per heavy atom. The quantitative estimate of drug-likeness (QED) is 0.175. The number of benzene rings is 4. The molecule has 6 nitrogen and oxygen atoms in total. The van der Waals surface area contributed by atoms with E-state index in [4.69, 9.17) is 22.1 Å². The maximum atomic E-state index is 7.44. The second-order valence-corrected chi connectivity index (χ2v) is 13.8. The fourth-order valence-electron chi connectivity index (χ4n) is 5.81. The number of rotatable bonds is 7. The molecule has 5 rings (SSSR count). The summed E-state index contributed by atoms with van der Waals surface area (Å²) in [4.78, 5) is 5.06. The van der Waals surface area contributed by atoms with Gasteiger partial charge in [0.25, 0.3) is 0 Å². The molecule has 0 radical (unpaired) electrons. The monoisotopic (exact) mass is 794 g/mol. The van der Waals surface area contributed by atoms with Crippen LogP contribution in [0.25, 0.3) is 22.1 Å². The molecule has 0 saturated carbocycles. The van der Waals surface area contributed by atoms with E-state index in [1.807, 2.05) is 64.1 Å². The molecule has 4 aromatic rings. The molecule has 0 atom stereocenters. The van der Waals surface area contributed by atoms with Crippen molar-refractivity contribution in [1.29, 1.82) is 0 Å². The van der Waals surface area contributed by atoms with Crippen molar-refractivity contribution in [3.63, 3.8) is 0 Å². The molecule has 0 spiro atoms. The van der Waals surface area contributed by atoms with Crippen molar-refractivity contribution in [3.05, 3.63) is 153 Å². The van der Waals surface area contributed by atoms with Crippen LogP contribution in [0.3, 0.4) is 0 Å². The Bertz CT molecular complexity index is 1280. The molecular formula is C46H68N6Zr. The van der Waals surface area contributed by atoms with E-state index in [0.717, 1.165) is 101 Å². The molecule has 1 fully saturated rings. The van der Waals surface area contributed by atoms with Gasteiger partial charge in [0.15, 0.2) is 0 Å². The smallest absolute Gasteiger partial charge is 0.698 e. The van der Waals surface area contributed by atoms with Crippen molar-refractivity contribution in [3.8, 4) is 0 Å². The predicted octanol–water partition coefficient (Wildman–Crippen LogP) is 13.1. The van der Waals surface area contributed by atoms with Gasteiger partial charge < -0.3 is 31.9 Å². The Hall–Kier alpha value is -2.80.